The van der Waals surface area contributed by atoms with Crippen molar-refractivity contribution >= 4 is 0 Å². The van der Waals surface area contributed by atoms with Crippen LogP contribution >= 0.6 is 0 Å². The molecule has 5 nitrogen and oxygen atoms in total. The van der Waals surface area contributed by atoms with Gasteiger partial charge in [0.2, 0.25) is 5.82 Å². The Hall–Kier alpha value is -1.72. The van der Waals surface area contributed by atoms with Gasteiger partial charge < -0.3 is 14.0 Å². The van der Waals surface area contributed by atoms with Crippen molar-refractivity contribution in [2.75, 3.05) is 20.3 Å². The second-order valence-electron chi connectivity index (χ2n) is 5.55. The summed E-state index contributed by atoms with van der Waals surface area (Å²) in [6.07, 6.45) is 1.49. The largest absolute Gasteiger partial charge is 0.381 e. The standard InChI is InChI=1S/C16H20N2O3/c1-11-4-5-12(2)13(10-11)14-17-15(18-21-14)16(19-3)6-8-20-9-7-16/h4-5,10H,6-9H2,1-3H3. The fraction of sp³-hybridized carbons (Fsp3) is 0.500. The normalized spacial score (nSPS) is 17.9. The van der Waals surface area contributed by atoms with Gasteiger partial charge in [0, 0.05) is 38.7 Å². The number of hydrogen-bond donors (Lipinski definition) is 0. The van der Waals surface area contributed by atoms with Gasteiger partial charge in [-0.1, -0.05) is 22.9 Å². The molecule has 21 heavy (non-hydrogen) atoms. The van der Waals surface area contributed by atoms with Crippen LogP contribution < -0.4 is 0 Å². The maximum atomic E-state index is 5.70. The molecule has 1 aromatic carbocycles. The van der Waals surface area contributed by atoms with Crippen molar-refractivity contribution in [3.8, 4) is 11.5 Å². The summed E-state index contributed by atoms with van der Waals surface area (Å²) in [5, 5.41) is 4.16. The molecule has 1 aromatic heterocycles. The Morgan fingerprint density at radius 3 is 2.67 bits per heavy atom. The summed E-state index contributed by atoms with van der Waals surface area (Å²) in [7, 11) is 1.69. The highest BCUT2D eigenvalue weighted by Gasteiger charge is 2.39. The summed E-state index contributed by atoms with van der Waals surface area (Å²) in [4.78, 5) is 4.59. The summed E-state index contributed by atoms with van der Waals surface area (Å²) in [5.74, 6) is 1.17. The quantitative estimate of drug-likeness (QED) is 0.869. The van der Waals surface area contributed by atoms with E-state index in [1.807, 2.05) is 6.92 Å². The van der Waals surface area contributed by atoms with Gasteiger partial charge in [0.1, 0.15) is 5.60 Å². The van der Waals surface area contributed by atoms with Crippen LogP contribution in [-0.4, -0.2) is 30.5 Å². The van der Waals surface area contributed by atoms with Crippen molar-refractivity contribution in [3.63, 3.8) is 0 Å². The van der Waals surface area contributed by atoms with Crippen LogP contribution in [0.25, 0.3) is 11.5 Å². The Kier molecular flexibility index (Phi) is 3.78. The van der Waals surface area contributed by atoms with Gasteiger partial charge in [-0.15, -0.1) is 0 Å². The molecular weight excluding hydrogens is 268 g/mol. The van der Waals surface area contributed by atoms with Crippen molar-refractivity contribution in [2.45, 2.75) is 32.3 Å². The van der Waals surface area contributed by atoms with Crippen molar-refractivity contribution in [1.29, 1.82) is 0 Å². The van der Waals surface area contributed by atoms with E-state index in [-0.39, 0.29) is 0 Å². The van der Waals surface area contributed by atoms with Gasteiger partial charge in [-0.2, -0.15) is 4.98 Å². The zero-order valence-electron chi connectivity index (χ0n) is 12.7. The molecule has 0 atom stereocenters. The van der Waals surface area contributed by atoms with E-state index in [0.717, 1.165) is 24.0 Å². The Balaban J connectivity index is 1.97. The second kappa shape index (κ2) is 5.58. The highest BCUT2D eigenvalue weighted by molar-refractivity contribution is 5.59. The predicted molar refractivity (Wildman–Crippen MR) is 77.9 cm³/mol. The Bertz CT molecular complexity index is 630. The highest BCUT2D eigenvalue weighted by Crippen LogP contribution is 2.35. The molecule has 2 heterocycles. The molecule has 1 aliphatic heterocycles. The zero-order chi connectivity index (χ0) is 14.9. The Morgan fingerprint density at radius 1 is 1.19 bits per heavy atom. The van der Waals surface area contributed by atoms with Gasteiger partial charge in [0.15, 0.2) is 0 Å². The van der Waals surface area contributed by atoms with Gasteiger partial charge in [-0.3, -0.25) is 0 Å². The summed E-state index contributed by atoms with van der Waals surface area (Å²) in [5.41, 5.74) is 2.78. The fourth-order valence-electron chi connectivity index (χ4n) is 2.70. The van der Waals surface area contributed by atoms with Crippen LogP contribution in [0.5, 0.6) is 0 Å². The first-order valence-corrected chi connectivity index (χ1v) is 7.19. The first kappa shape index (κ1) is 14.2. The lowest BCUT2D eigenvalue weighted by atomic mass is 9.93. The molecule has 1 saturated heterocycles. The number of aromatic nitrogens is 2. The number of methoxy groups -OCH3 is 1. The van der Waals surface area contributed by atoms with Crippen LogP contribution in [0.4, 0.5) is 0 Å². The molecule has 1 aliphatic rings. The minimum Gasteiger partial charge on any atom is -0.381 e. The van der Waals surface area contributed by atoms with Gasteiger partial charge in [-0.25, -0.2) is 0 Å². The molecule has 0 N–H and O–H groups in total. The molecule has 0 aliphatic carbocycles. The van der Waals surface area contributed by atoms with Gasteiger partial charge in [-0.05, 0) is 25.5 Å². The summed E-state index contributed by atoms with van der Waals surface area (Å²) in [6, 6.07) is 6.20. The number of aryl methyl sites for hydroxylation is 2. The molecule has 5 heteroatoms. The zero-order valence-corrected chi connectivity index (χ0v) is 12.7. The minimum absolute atomic E-state index is 0.488. The predicted octanol–water partition coefficient (Wildman–Crippen LogP) is 3.01. The number of ether oxygens (including phenoxy) is 2. The second-order valence-corrected chi connectivity index (χ2v) is 5.55. The maximum Gasteiger partial charge on any atom is 0.258 e. The summed E-state index contributed by atoms with van der Waals surface area (Å²) >= 11 is 0. The van der Waals surface area contributed by atoms with E-state index in [1.165, 1.54) is 5.56 Å². The summed E-state index contributed by atoms with van der Waals surface area (Å²) in [6.45, 7) is 5.40. The average molecular weight is 288 g/mol. The lowest BCUT2D eigenvalue weighted by Gasteiger charge is -2.32. The molecule has 1 fully saturated rings. The molecule has 112 valence electrons. The van der Waals surface area contributed by atoms with Crippen LogP contribution in [0.2, 0.25) is 0 Å². The minimum atomic E-state index is -0.488. The monoisotopic (exact) mass is 288 g/mol. The van der Waals surface area contributed by atoms with Crippen molar-refractivity contribution < 1.29 is 14.0 Å². The van der Waals surface area contributed by atoms with E-state index in [0.29, 0.717) is 24.9 Å². The smallest absolute Gasteiger partial charge is 0.258 e. The number of nitrogens with zero attached hydrogens (tertiary/aromatic N) is 2. The Labute approximate surface area is 124 Å². The van der Waals surface area contributed by atoms with E-state index < -0.39 is 5.60 Å². The Morgan fingerprint density at radius 2 is 1.95 bits per heavy atom. The molecule has 0 bridgehead atoms. The van der Waals surface area contributed by atoms with Gasteiger partial charge >= 0.3 is 0 Å². The highest BCUT2D eigenvalue weighted by atomic mass is 16.5. The van der Waals surface area contributed by atoms with E-state index in [1.54, 1.807) is 7.11 Å². The average Bonchev–Trinajstić information content (AvgIpc) is 3.00. The van der Waals surface area contributed by atoms with Crippen LogP contribution in [0.1, 0.15) is 29.8 Å². The van der Waals surface area contributed by atoms with Crippen molar-refractivity contribution in [2.24, 2.45) is 0 Å². The first-order chi connectivity index (χ1) is 10.1. The number of benzene rings is 1. The van der Waals surface area contributed by atoms with Crippen molar-refractivity contribution in [3.05, 3.63) is 35.2 Å². The van der Waals surface area contributed by atoms with E-state index in [4.69, 9.17) is 14.0 Å². The molecule has 0 spiro atoms. The first-order valence-electron chi connectivity index (χ1n) is 7.19. The molecule has 0 amide bonds. The van der Waals surface area contributed by atoms with Crippen LogP contribution in [0.3, 0.4) is 0 Å². The maximum absolute atomic E-state index is 5.70. The molecule has 2 aromatic rings. The molecule has 0 radical (unpaired) electrons. The van der Waals surface area contributed by atoms with E-state index >= 15 is 0 Å². The van der Waals surface area contributed by atoms with E-state index in [9.17, 15) is 0 Å². The van der Waals surface area contributed by atoms with Crippen LogP contribution in [0.15, 0.2) is 22.7 Å². The fourth-order valence-corrected chi connectivity index (χ4v) is 2.70. The SMILES string of the molecule is COC1(c2noc(-c3cc(C)ccc3C)n2)CCOCC1. The third-order valence-electron chi connectivity index (χ3n) is 4.15. The van der Waals surface area contributed by atoms with Crippen LogP contribution in [0, 0.1) is 13.8 Å². The molecule has 0 saturated carbocycles. The third-order valence-corrected chi connectivity index (χ3v) is 4.15. The third kappa shape index (κ3) is 2.59. The number of hydrogen-bond acceptors (Lipinski definition) is 5. The van der Waals surface area contributed by atoms with Crippen LogP contribution in [-0.2, 0) is 15.1 Å². The topological polar surface area (TPSA) is 57.4 Å². The molecule has 3 rings (SSSR count). The lowest BCUT2D eigenvalue weighted by Crippen LogP contribution is -2.36. The van der Waals surface area contributed by atoms with Crippen molar-refractivity contribution in [1.82, 2.24) is 10.1 Å². The van der Waals surface area contributed by atoms with E-state index in [2.05, 4.69) is 35.3 Å². The number of rotatable bonds is 3. The summed E-state index contributed by atoms with van der Waals surface area (Å²) < 4.78 is 16.6. The molecule has 0 unspecified atom stereocenters. The molecular formula is C16H20N2O3. The van der Waals surface area contributed by atoms with Gasteiger partial charge in [0.05, 0.1) is 0 Å². The lowest BCUT2D eigenvalue weighted by molar-refractivity contribution is -0.101. The van der Waals surface area contributed by atoms with Gasteiger partial charge in [0.25, 0.3) is 5.89 Å².